The fourth-order valence-electron chi connectivity index (χ4n) is 1.86. The molecule has 0 bridgehead atoms. The van der Waals surface area contributed by atoms with Crippen LogP contribution in [-0.2, 0) is 4.74 Å². The van der Waals surface area contributed by atoms with E-state index in [4.69, 9.17) is 4.74 Å². The average Bonchev–Trinajstić information content (AvgIpc) is 2.83. The number of H-pyrrole nitrogens is 1. The van der Waals surface area contributed by atoms with Crippen molar-refractivity contribution in [1.82, 2.24) is 9.55 Å². The van der Waals surface area contributed by atoms with E-state index in [-0.39, 0.29) is 11.7 Å². The van der Waals surface area contributed by atoms with Gasteiger partial charge >= 0.3 is 5.69 Å². The molecule has 1 N–H and O–H groups in total. The smallest absolute Gasteiger partial charge is 0.330 e. The largest absolute Gasteiger partial charge is 0.346 e. The molecule has 2 rings (SSSR count). The van der Waals surface area contributed by atoms with Gasteiger partial charge in [-0.3, -0.25) is 14.3 Å². The Bertz CT molecular complexity index is 576. The molecule has 1 aliphatic rings. The van der Waals surface area contributed by atoms with Crippen molar-refractivity contribution in [1.29, 1.82) is 0 Å². The van der Waals surface area contributed by atoms with Crippen LogP contribution in [0.4, 0.5) is 0 Å². The van der Waals surface area contributed by atoms with E-state index in [1.165, 1.54) is 10.8 Å². The van der Waals surface area contributed by atoms with Gasteiger partial charge in [-0.05, 0) is 25.2 Å². The fourth-order valence-corrected chi connectivity index (χ4v) is 2.74. The van der Waals surface area contributed by atoms with Crippen LogP contribution in [0.15, 0.2) is 27.9 Å². The predicted octanol–water partition coefficient (Wildman–Crippen LogP) is 1.44. The lowest BCUT2D eigenvalue weighted by atomic mass is 10.3. The summed E-state index contributed by atoms with van der Waals surface area (Å²) in [6, 6.07) is 0. The predicted molar refractivity (Wildman–Crippen MR) is 76.7 cm³/mol. The van der Waals surface area contributed by atoms with Crippen molar-refractivity contribution >= 4 is 11.8 Å². The third-order valence-electron chi connectivity index (χ3n) is 2.86. The zero-order chi connectivity index (χ0) is 13.8. The van der Waals surface area contributed by atoms with Gasteiger partial charge in [0.1, 0.15) is 0 Å². The first-order chi connectivity index (χ1) is 9.11. The Balaban J connectivity index is 2.06. The number of hydrogen-bond donors (Lipinski definition) is 1. The number of nitrogens with zero attached hydrogens (tertiary/aromatic N) is 1. The van der Waals surface area contributed by atoms with Crippen LogP contribution in [0.1, 0.15) is 25.1 Å². The molecule has 0 spiro atoms. The van der Waals surface area contributed by atoms with E-state index in [1.54, 1.807) is 6.92 Å². The van der Waals surface area contributed by atoms with Crippen LogP contribution in [0.2, 0.25) is 0 Å². The standard InChI is InChI=1S/C13H18N2O3S/c1-3-6-19-8-10-4-5-11(18-10)15-7-9(2)12(16)14-13(15)17/h4-5,7,10-11H,3,6,8H2,1-2H3,(H,14,16,17)/t10-,11+/m0/s1. The minimum absolute atomic E-state index is 0.0284. The highest BCUT2D eigenvalue weighted by atomic mass is 32.2. The molecule has 2 heterocycles. The van der Waals surface area contributed by atoms with E-state index < -0.39 is 11.9 Å². The Morgan fingerprint density at radius 2 is 2.21 bits per heavy atom. The van der Waals surface area contributed by atoms with E-state index in [0.717, 1.165) is 17.9 Å². The molecule has 0 fully saturated rings. The molecule has 0 aliphatic carbocycles. The summed E-state index contributed by atoms with van der Waals surface area (Å²) in [6.07, 6.45) is 6.12. The SMILES string of the molecule is CCCSC[C@@H]1C=C[C@H](n2cc(C)c(=O)[nH]c2=O)O1. The highest BCUT2D eigenvalue weighted by Crippen LogP contribution is 2.22. The Hall–Kier alpha value is -1.27. The van der Waals surface area contributed by atoms with Crippen LogP contribution in [0.3, 0.4) is 0 Å². The number of rotatable bonds is 5. The Morgan fingerprint density at radius 3 is 2.95 bits per heavy atom. The number of thioether (sulfide) groups is 1. The normalized spacial score (nSPS) is 22.0. The molecule has 5 nitrogen and oxygen atoms in total. The number of aromatic nitrogens is 2. The van der Waals surface area contributed by atoms with Crippen LogP contribution in [0, 0.1) is 6.92 Å². The van der Waals surface area contributed by atoms with Gasteiger partial charge in [0.25, 0.3) is 5.56 Å². The van der Waals surface area contributed by atoms with E-state index in [0.29, 0.717) is 5.56 Å². The number of hydrogen-bond acceptors (Lipinski definition) is 4. The molecule has 1 aromatic rings. The summed E-state index contributed by atoms with van der Waals surface area (Å²) in [5.74, 6) is 1.99. The zero-order valence-corrected chi connectivity index (χ0v) is 11.9. The highest BCUT2D eigenvalue weighted by Gasteiger charge is 2.21. The number of nitrogens with one attached hydrogen (secondary N) is 1. The van der Waals surface area contributed by atoms with Crippen LogP contribution in [0.5, 0.6) is 0 Å². The van der Waals surface area contributed by atoms with E-state index >= 15 is 0 Å². The van der Waals surface area contributed by atoms with Crippen molar-refractivity contribution in [3.63, 3.8) is 0 Å². The van der Waals surface area contributed by atoms with Crippen LogP contribution < -0.4 is 11.2 Å². The maximum absolute atomic E-state index is 11.7. The molecule has 1 aromatic heterocycles. The van der Waals surface area contributed by atoms with Crippen molar-refractivity contribution in [2.45, 2.75) is 32.6 Å². The molecule has 0 amide bonds. The first-order valence-electron chi connectivity index (χ1n) is 6.35. The molecule has 2 atom stereocenters. The summed E-state index contributed by atoms with van der Waals surface area (Å²) in [7, 11) is 0. The third kappa shape index (κ3) is 3.39. The van der Waals surface area contributed by atoms with Crippen molar-refractivity contribution < 1.29 is 4.74 Å². The number of aromatic amines is 1. The first-order valence-corrected chi connectivity index (χ1v) is 7.51. The molecule has 0 aromatic carbocycles. The minimum atomic E-state index is -0.438. The van der Waals surface area contributed by atoms with Gasteiger partial charge < -0.3 is 4.74 Å². The molecule has 0 radical (unpaired) electrons. The van der Waals surface area contributed by atoms with Crippen molar-refractivity contribution in [3.8, 4) is 0 Å². The van der Waals surface area contributed by atoms with Gasteiger partial charge in [0.2, 0.25) is 0 Å². The molecule has 1 aliphatic heterocycles. The lowest BCUT2D eigenvalue weighted by molar-refractivity contribution is 0.0265. The van der Waals surface area contributed by atoms with Crippen molar-refractivity contribution in [2.75, 3.05) is 11.5 Å². The summed E-state index contributed by atoms with van der Waals surface area (Å²) in [5.41, 5.74) is -0.286. The van der Waals surface area contributed by atoms with E-state index in [9.17, 15) is 9.59 Å². The highest BCUT2D eigenvalue weighted by molar-refractivity contribution is 7.99. The molecular weight excluding hydrogens is 264 g/mol. The van der Waals surface area contributed by atoms with Crippen LogP contribution >= 0.6 is 11.8 Å². The molecule has 104 valence electrons. The van der Waals surface area contributed by atoms with E-state index in [1.807, 2.05) is 23.9 Å². The number of aryl methyl sites for hydroxylation is 1. The summed E-state index contributed by atoms with van der Waals surface area (Å²) in [6.45, 7) is 3.81. The molecule has 0 saturated heterocycles. The minimum Gasteiger partial charge on any atom is -0.346 e. The van der Waals surface area contributed by atoms with Crippen molar-refractivity contribution in [2.24, 2.45) is 0 Å². The molecule has 0 saturated carbocycles. The van der Waals surface area contributed by atoms with Gasteiger partial charge in [0.15, 0.2) is 6.23 Å². The Labute approximate surface area is 115 Å². The average molecular weight is 282 g/mol. The fraction of sp³-hybridized carbons (Fsp3) is 0.538. The second-order valence-corrected chi connectivity index (χ2v) is 5.65. The van der Waals surface area contributed by atoms with Gasteiger partial charge in [0.05, 0.1) is 6.10 Å². The summed E-state index contributed by atoms with van der Waals surface area (Å²) >= 11 is 1.84. The monoisotopic (exact) mass is 282 g/mol. The molecular formula is C13H18N2O3S. The third-order valence-corrected chi connectivity index (χ3v) is 4.12. The second kappa shape index (κ2) is 6.25. The summed E-state index contributed by atoms with van der Waals surface area (Å²) < 4.78 is 7.19. The summed E-state index contributed by atoms with van der Waals surface area (Å²) in [5, 5.41) is 0. The first kappa shape index (κ1) is 14.1. The second-order valence-electron chi connectivity index (χ2n) is 4.50. The lowest BCUT2D eigenvalue weighted by Gasteiger charge is -2.16. The van der Waals surface area contributed by atoms with Gasteiger partial charge in [-0.2, -0.15) is 11.8 Å². The van der Waals surface area contributed by atoms with Gasteiger partial charge in [-0.1, -0.05) is 13.0 Å². The Morgan fingerprint density at radius 1 is 1.42 bits per heavy atom. The molecule has 6 heteroatoms. The summed E-state index contributed by atoms with van der Waals surface area (Å²) in [4.78, 5) is 25.3. The van der Waals surface area contributed by atoms with Crippen LogP contribution in [-0.4, -0.2) is 27.2 Å². The number of ether oxygens (including phenoxy) is 1. The molecule has 19 heavy (non-hydrogen) atoms. The lowest BCUT2D eigenvalue weighted by Crippen LogP contribution is -2.33. The van der Waals surface area contributed by atoms with Gasteiger partial charge in [-0.15, -0.1) is 0 Å². The van der Waals surface area contributed by atoms with Gasteiger partial charge in [-0.25, -0.2) is 4.79 Å². The maximum Gasteiger partial charge on any atom is 0.330 e. The Kier molecular flexibility index (Phi) is 4.66. The maximum atomic E-state index is 11.7. The zero-order valence-electron chi connectivity index (χ0n) is 11.1. The van der Waals surface area contributed by atoms with Crippen molar-refractivity contribution in [3.05, 3.63) is 44.8 Å². The van der Waals surface area contributed by atoms with Gasteiger partial charge in [0, 0.05) is 17.5 Å². The van der Waals surface area contributed by atoms with E-state index in [2.05, 4.69) is 11.9 Å². The topological polar surface area (TPSA) is 64.1 Å². The molecule has 0 unspecified atom stereocenters. The van der Waals surface area contributed by atoms with Crippen LogP contribution in [0.25, 0.3) is 0 Å². The quantitative estimate of drug-likeness (QED) is 0.655.